The summed E-state index contributed by atoms with van der Waals surface area (Å²) in [6.45, 7) is 2.20. The average molecular weight is 292 g/mol. The molecular weight excluding hydrogens is 276 g/mol. The number of pyridine rings is 1. The molecule has 1 amide bonds. The van der Waals surface area contributed by atoms with Crippen molar-refractivity contribution in [2.24, 2.45) is 0 Å². The van der Waals surface area contributed by atoms with Crippen LogP contribution < -0.4 is 5.32 Å². The van der Waals surface area contributed by atoms with Gasteiger partial charge in [0.25, 0.3) is 5.91 Å². The maximum absolute atomic E-state index is 12.6. The number of carbonyl (C=O) groups excluding carboxylic acids is 1. The first-order valence-corrected chi connectivity index (χ1v) is 7.46. The first-order chi connectivity index (χ1) is 10.7. The van der Waals surface area contributed by atoms with E-state index >= 15 is 0 Å². The molecule has 1 aliphatic carbocycles. The summed E-state index contributed by atoms with van der Waals surface area (Å²) in [5.41, 5.74) is 4.43. The predicted octanol–water partition coefficient (Wildman–Crippen LogP) is 3.03. The second-order valence-corrected chi connectivity index (χ2v) is 5.74. The third-order valence-corrected chi connectivity index (χ3v) is 4.33. The molecule has 2 aromatic heterocycles. The van der Waals surface area contributed by atoms with Gasteiger partial charge in [-0.2, -0.15) is 0 Å². The van der Waals surface area contributed by atoms with Gasteiger partial charge >= 0.3 is 0 Å². The predicted molar refractivity (Wildman–Crippen MR) is 84.1 cm³/mol. The van der Waals surface area contributed by atoms with Crippen molar-refractivity contribution in [2.45, 2.75) is 25.7 Å². The highest BCUT2D eigenvalue weighted by Crippen LogP contribution is 2.34. The molecule has 4 rings (SSSR count). The molecule has 5 nitrogen and oxygen atoms in total. The van der Waals surface area contributed by atoms with Crippen LogP contribution in [0.3, 0.4) is 0 Å². The Morgan fingerprint density at radius 3 is 2.95 bits per heavy atom. The summed E-state index contributed by atoms with van der Waals surface area (Å²) >= 11 is 0. The van der Waals surface area contributed by atoms with Gasteiger partial charge in [0, 0.05) is 11.4 Å². The van der Waals surface area contributed by atoms with Gasteiger partial charge in [0.2, 0.25) is 0 Å². The number of amides is 1. The van der Waals surface area contributed by atoms with Crippen molar-refractivity contribution >= 4 is 17.2 Å². The minimum absolute atomic E-state index is 0.147. The Kier molecular flexibility index (Phi) is 2.92. The van der Waals surface area contributed by atoms with Crippen molar-refractivity contribution in [3.8, 4) is 0 Å². The monoisotopic (exact) mass is 292 g/mol. The van der Waals surface area contributed by atoms with Crippen LogP contribution in [-0.2, 0) is 6.42 Å². The molecule has 110 valence electrons. The number of aromatic nitrogens is 3. The number of benzene rings is 1. The molecule has 1 N–H and O–H groups in total. The third kappa shape index (κ3) is 1.97. The maximum atomic E-state index is 12.6. The molecule has 0 saturated heterocycles. The highest BCUT2D eigenvalue weighted by molar-refractivity contribution is 6.08. The average Bonchev–Trinajstić information content (AvgIpc) is 3.14. The van der Waals surface area contributed by atoms with E-state index in [0.29, 0.717) is 17.1 Å². The van der Waals surface area contributed by atoms with Crippen LogP contribution in [0.4, 0.5) is 5.69 Å². The molecule has 0 fully saturated rings. The fraction of sp³-hybridized carbons (Fsp3) is 0.235. The second kappa shape index (κ2) is 4.94. The van der Waals surface area contributed by atoms with Crippen molar-refractivity contribution in [1.29, 1.82) is 0 Å². The van der Waals surface area contributed by atoms with Crippen LogP contribution in [0.1, 0.15) is 40.9 Å². The van der Waals surface area contributed by atoms with Crippen molar-refractivity contribution in [1.82, 2.24) is 14.6 Å². The van der Waals surface area contributed by atoms with Crippen molar-refractivity contribution in [2.75, 3.05) is 5.32 Å². The van der Waals surface area contributed by atoms with Gasteiger partial charge in [-0.15, -0.1) is 10.2 Å². The van der Waals surface area contributed by atoms with Crippen LogP contribution in [-0.4, -0.2) is 20.5 Å². The highest BCUT2D eigenvalue weighted by Gasteiger charge is 2.25. The van der Waals surface area contributed by atoms with E-state index in [9.17, 15) is 4.79 Å². The van der Waals surface area contributed by atoms with E-state index in [2.05, 4.69) is 22.4 Å². The number of fused-ring (bicyclic) bond motifs is 3. The highest BCUT2D eigenvalue weighted by atomic mass is 16.1. The van der Waals surface area contributed by atoms with E-state index in [1.165, 1.54) is 11.3 Å². The van der Waals surface area contributed by atoms with Gasteiger partial charge < -0.3 is 5.32 Å². The zero-order chi connectivity index (χ0) is 15.1. The van der Waals surface area contributed by atoms with Gasteiger partial charge in [-0.1, -0.05) is 25.1 Å². The lowest BCUT2D eigenvalue weighted by Crippen LogP contribution is -2.15. The Balaban J connectivity index is 1.80. The Bertz CT molecular complexity index is 854. The van der Waals surface area contributed by atoms with Crippen molar-refractivity contribution in [3.63, 3.8) is 0 Å². The molecule has 1 aromatic carbocycles. The Morgan fingerprint density at radius 1 is 1.32 bits per heavy atom. The lowest BCUT2D eigenvalue weighted by atomic mass is 10.0. The van der Waals surface area contributed by atoms with Crippen LogP contribution in [0.25, 0.3) is 5.65 Å². The van der Waals surface area contributed by atoms with Crippen molar-refractivity contribution < 1.29 is 4.79 Å². The minimum Gasteiger partial charge on any atom is -0.322 e. The largest absolute Gasteiger partial charge is 0.322 e. The first-order valence-electron chi connectivity index (χ1n) is 7.46. The second-order valence-electron chi connectivity index (χ2n) is 5.74. The zero-order valence-corrected chi connectivity index (χ0v) is 12.3. The number of carbonyl (C=O) groups is 1. The number of para-hydroxylation sites is 1. The number of hydrogen-bond acceptors (Lipinski definition) is 3. The van der Waals surface area contributed by atoms with E-state index in [-0.39, 0.29) is 5.91 Å². The van der Waals surface area contributed by atoms with E-state index in [1.54, 1.807) is 6.33 Å². The van der Waals surface area contributed by atoms with E-state index in [1.807, 2.05) is 40.8 Å². The first kappa shape index (κ1) is 13.0. The molecule has 0 aliphatic heterocycles. The van der Waals surface area contributed by atoms with Gasteiger partial charge in [-0.25, -0.2) is 0 Å². The summed E-state index contributed by atoms with van der Waals surface area (Å²) in [6.07, 6.45) is 3.81. The quantitative estimate of drug-likeness (QED) is 0.789. The molecule has 3 aromatic rings. The lowest BCUT2D eigenvalue weighted by molar-refractivity contribution is 0.102. The molecule has 0 radical (unpaired) electrons. The SMILES string of the molecule is CC1CCc2c1cc(C(=O)Nc1ccccc1)c1nncn21. The molecule has 1 unspecified atom stereocenters. The standard InChI is InChI=1S/C17H16N4O/c1-11-7-8-15-13(11)9-14(16-20-18-10-21(15)16)17(22)19-12-5-3-2-4-6-12/h2-6,9-11H,7-8H2,1H3,(H,19,22). The maximum Gasteiger partial charge on any atom is 0.259 e. The molecule has 1 atom stereocenters. The number of nitrogens with one attached hydrogen (secondary N) is 1. The summed E-state index contributed by atoms with van der Waals surface area (Å²) in [7, 11) is 0. The fourth-order valence-electron chi connectivity index (χ4n) is 3.15. The summed E-state index contributed by atoms with van der Waals surface area (Å²) in [6, 6.07) is 11.4. The fourth-order valence-corrected chi connectivity index (χ4v) is 3.15. The van der Waals surface area contributed by atoms with E-state index in [0.717, 1.165) is 18.5 Å². The normalized spacial score (nSPS) is 16.7. The topological polar surface area (TPSA) is 59.3 Å². The minimum atomic E-state index is -0.147. The number of rotatable bonds is 2. The van der Waals surface area contributed by atoms with E-state index < -0.39 is 0 Å². The summed E-state index contributed by atoms with van der Waals surface area (Å²) in [4.78, 5) is 12.6. The number of aryl methyl sites for hydroxylation is 1. The Labute approximate surface area is 128 Å². The summed E-state index contributed by atoms with van der Waals surface area (Å²) in [5.74, 6) is 0.316. The number of hydrogen-bond donors (Lipinski definition) is 1. The number of nitrogens with zero attached hydrogens (tertiary/aromatic N) is 3. The van der Waals surface area contributed by atoms with Gasteiger partial charge in [0.05, 0.1) is 5.56 Å². The molecule has 0 bridgehead atoms. The zero-order valence-electron chi connectivity index (χ0n) is 12.3. The molecule has 2 heterocycles. The third-order valence-electron chi connectivity index (χ3n) is 4.33. The molecule has 1 aliphatic rings. The Morgan fingerprint density at radius 2 is 2.14 bits per heavy atom. The Hall–Kier alpha value is -2.69. The van der Waals surface area contributed by atoms with Gasteiger partial charge in [0.1, 0.15) is 6.33 Å². The van der Waals surface area contributed by atoms with Crippen LogP contribution in [0, 0.1) is 0 Å². The molecular formula is C17H16N4O. The van der Waals surface area contributed by atoms with Crippen LogP contribution in [0.5, 0.6) is 0 Å². The van der Waals surface area contributed by atoms with Crippen LogP contribution >= 0.6 is 0 Å². The van der Waals surface area contributed by atoms with Crippen LogP contribution in [0.15, 0.2) is 42.7 Å². The van der Waals surface area contributed by atoms with Crippen molar-refractivity contribution in [3.05, 3.63) is 59.5 Å². The summed E-state index contributed by atoms with van der Waals surface area (Å²) < 4.78 is 1.96. The molecule has 22 heavy (non-hydrogen) atoms. The summed E-state index contributed by atoms with van der Waals surface area (Å²) in [5, 5.41) is 11.0. The van der Waals surface area contributed by atoms with Gasteiger partial charge in [0.15, 0.2) is 5.65 Å². The molecule has 5 heteroatoms. The van der Waals surface area contributed by atoms with Gasteiger partial charge in [-0.05, 0) is 42.5 Å². The molecule has 0 spiro atoms. The van der Waals surface area contributed by atoms with Gasteiger partial charge in [-0.3, -0.25) is 9.20 Å². The lowest BCUT2D eigenvalue weighted by Gasteiger charge is -2.11. The van der Waals surface area contributed by atoms with Crippen LogP contribution in [0.2, 0.25) is 0 Å². The smallest absolute Gasteiger partial charge is 0.259 e. The molecule has 0 saturated carbocycles. The van der Waals surface area contributed by atoms with E-state index in [4.69, 9.17) is 0 Å². The number of anilines is 1.